The largest absolute Gasteiger partial charge is 0.494 e. The molecule has 0 spiro atoms. The molecule has 93 heavy (non-hydrogen) atoms. The first kappa shape index (κ1) is 77.5. The molecule has 0 aliphatic carbocycles. The lowest BCUT2D eigenvalue weighted by Crippen LogP contribution is -2.54. The van der Waals surface area contributed by atoms with Crippen molar-refractivity contribution in [1.82, 2.24) is 45.8 Å². The lowest BCUT2D eigenvalue weighted by atomic mass is 9.93. The number of aliphatic carboxylic acids is 5. The van der Waals surface area contributed by atoms with Gasteiger partial charge in [-0.2, -0.15) is 13.1 Å². The Labute approximate surface area is 537 Å². The number of ether oxygens (including phenoxy) is 4. The first-order chi connectivity index (χ1) is 44.0. The van der Waals surface area contributed by atoms with Crippen molar-refractivity contribution >= 4 is 85.1 Å². The molecule has 518 valence electrons. The second-order valence-corrected chi connectivity index (χ2v) is 24.9. The van der Waals surface area contributed by atoms with E-state index in [0.29, 0.717) is 68.3 Å². The molecular formula is C57H85N11O23S2. The monoisotopic (exact) mass is 1360 g/mol. The number of carboxylic acids is 5. The highest BCUT2D eigenvalue weighted by Gasteiger charge is 2.36. The van der Waals surface area contributed by atoms with Crippen molar-refractivity contribution in [3.8, 4) is 5.75 Å². The van der Waals surface area contributed by atoms with Crippen molar-refractivity contribution < 1.29 is 109 Å². The van der Waals surface area contributed by atoms with Crippen LogP contribution in [0.1, 0.15) is 78.4 Å². The molecule has 0 saturated carbocycles. The predicted octanol–water partition coefficient (Wildman–Crippen LogP) is -0.874. The van der Waals surface area contributed by atoms with Crippen molar-refractivity contribution in [3.05, 3.63) is 65.0 Å². The minimum absolute atomic E-state index is 0.110. The number of Topliss-reactive ketones (excluding diaryl/α,β-unsaturated/α-hetero) is 1. The number of nitrogens with one attached hydrogen (secondary N) is 7. The molecule has 1 aromatic heterocycles. The number of sulfonamides is 1. The van der Waals surface area contributed by atoms with Gasteiger partial charge in [0.25, 0.3) is 10.1 Å². The number of anilines is 2. The van der Waals surface area contributed by atoms with Gasteiger partial charge in [-0.1, -0.05) is 6.07 Å². The van der Waals surface area contributed by atoms with Gasteiger partial charge in [-0.05, 0) is 93.3 Å². The third-order valence-electron chi connectivity index (χ3n) is 14.2. The van der Waals surface area contributed by atoms with Crippen molar-refractivity contribution in [3.63, 3.8) is 0 Å². The summed E-state index contributed by atoms with van der Waals surface area (Å²) in [5, 5.41) is 60.6. The molecule has 34 nitrogen and oxygen atoms in total. The molecule has 2 heterocycles. The molecule has 0 radical (unpaired) electrons. The summed E-state index contributed by atoms with van der Waals surface area (Å²) in [7, 11) is -7.36. The summed E-state index contributed by atoms with van der Waals surface area (Å²) >= 11 is 0. The van der Waals surface area contributed by atoms with Crippen molar-refractivity contribution in [2.45, 2.75) is 101 Å². The molecule has 0 fully saturated rings. The van der Waals surface area contributed by atoms with E-state index in [9.17, 15) is 79.9 Å². The number of unbranched alkanes of at least 4 members (excludes halogenated alkanes) is 1. The molecule has 0 saturated heterocycles. The van der Waals surface area contributed by atoms with E-state index in [4.69, 9.17) is 29.2 Å². The van der Waals surface area contributed by atoms with Crippen LogP contribution < -0.4 is 40.9 Å². The molecule has 3 amide bonds. The minimum atomic E-state index is -4.54. The number of carbonyl (C=O) groups excluding carboxylic acids is 4. The second kappa shape index (κ2) is 39.6. The van der Waals surface area contributed by atoms with Crippen LogP contribution in [-0.4, -0.2) is 262 Å². The highest BCUT2D eigenvalue weighted by molar-refractivity contribution is 7.89. The Balaban J connectivity index is 1.04. The Hall–Kier alpha value is -7.94. The Kier molecular flexibility index (Phi) is 33.0. The summed E-state index contributed by atoms with van der Waals surface area (Å²) in [6.45, 7) is 2.02. The van der Waals surface area contributed by atoms with Gasteiger partial charge in [-0.15, -0.1) is 0 Å². The molecule has 4 rings (SSSR count). The van der Waals surface area contributed by atoms with E-state index in [1.807, 2.05) is 0 Å². The quantitative estimate of drug-likeness (QED) is 0.0241. The number of hydrogen-bond acceptors (Lipinski definition) is 23. The van der Waals surface area contributed by atoms with Gasteiger partial charge in [-0.25, -0.2) is 13.4 Å². The number of benzene rings is 2. The fraction of sp³-hybridized carbons (Fsp3) is 0.579. The average molecular weight is 1360 g/mol. The summed E-state index contributed by atoms with van der Waals surface area (Å²) in [6, 6.07) is 3.00. The van der Waals surface area contributed by atoms with Gasteiger partial charge in [0, 0.05) is 102 Å². The van der Waals surface area contributed by atoms with Crippen LogP contribution in [0.2, 0.25) is 0 Å². The number of aromatic amines is 1. The molecule has 36 heteroatoms. The standard InChI is InChI=1S/C57H85N11O23S2/c1-37-26-41(27-38(2)53(37)93(86,87)65-44(56(81)82)31-62-54(78)46-29-47(69)42-11-10-39(28-45(42)66(46)3)30-63-57-59-14-15-60-57)91-21-6-9-48(70)58-13-7-20-89-23-25-90-24-22-88-19-5-4-8-40(36-92(83,84)85)64-49(71)32-61-43(55(79)80)12-16-67(33-50(72)73)17-18-68(34-51(74)75)35-52(76)77/h10-11,14-15,26-28,40,43-44,46,61,65H,4-9,12-13,16-25,29-36H2,1-3H3,(H,58,70)(H,62,78)(H,64,71)(H,72,73)(H,74,75)(H,76,77)(H,79,80)(H,81,82)(H2,59,60,63)(H,83,84,85). The Bertz CT molecular complexity index is 3170. The van der Waals surface area contributed by atoms with Crippen molar-refractivity contribution in [2.24, 2.45) is 0 Å². The summed E-state index contributed by atoms with van der Waals surface area (Å²) < 4.78 is 84.8. The van der Waals surface area contributed by atoms with Crippen LogP contribution in [-0.2, 0) is 79.3 Å². The number of carboxylic acid groups (broad SMARTS) is 5. The van der Waals surface area contributed by atoms with Gasteiger partial charge in [0.1, 0.15) is 23.9 Å². The van der Waals surface area contributed by atoms with E-state index < -0.39 is 124 Å². The van der Waals surface area contributed by atoms with E-state index in [2.05, 4.69) is 41.3 Å². The number of fused-ring (bicyclic) bond motifs is 1. The van der Waals surface area contributed by atoms with Gasteiger partial charge in [0.05, 0.1) is 69.9 Å². The number of amides is 3. The molecule has 2 aromatic carbocycles. The number of hydrogen-bond donors (Lipinski definition) is 13. The zero-order valence-corrected chi connectivity index (χ0v) is 53.6. The van der Waals surface area contributed by atoms with Crippen molar-refractivity contribution in [1.29, 1.82) is 0 Å². The van der Waals surface area contributed by atoms with Gasteiger partial charge in [0.2, 0.25) is 27.7 Å². The summed E-state index contributed by atoms with van der Waals surface area (Å²) in [6.07, 6.45) is 4.76. The van der Waals surface area contributed by atoms with Gasteiger partial charge in [-0.3, -0.25) is 62.8 Å². The van der Waals surface area contributed by atoms with Crippen LogP contribution in [0.15, 0.2) is 47.6 Å². The van der Waals surface area contributed by atoms with Crippen LogP contribution in [0.5, 0.6) is 5.75 Å². The van der Waals surface area contributed by atoms with Gasteiger partial charge < -0.3 is 75.6 Å². The minimum Gasteiger partial charge on any atom is -0.494 e. The third kappa shape index (κ3) is 29.7. The number of aromatic nitrogens is 2. The molecule has 0 bridgehead atoms. The van der Waals surface area contributed by atoms with Crippen LogP contribution in [0.3, 0.4) is 0 Å². The smallest absolute Gasteiger partial charge is 0.323 e. The number of rotatable bonds is 49. The average Bonchev–Trinajstić information content (AvgIpc) is 1.13. The Morgan fingerprint density at radius 1 is 0.731 bits per heavy atom. The van der Waals surface area contributed by atoms with Gasteiger partial charge >= 0.3 is 29.8 Å². The van der Waals surface area contributed by atoms with Crippen molar-refractivity contribution in [2.75, 3.05) is 128 Å². The van der Waals surface area contributed by atoms with Crippen LogP contribution in [0.4, 0.5) is 11.6 Å². The highest BCUT2D eigenvalue weighted by atomic mass is 32.2. The van der Waals surface area contributed by atoms with Gasteiger partial charge in [0.15, 0.2) is 11.7 Å². The second-order valence-electron chi connectivity index (χ2n) is 21.8. The summed E-state index contributed by atoms with van der Waals surface area (Å²) in [4.78, 5) is 121. The third-order valence-corrected chi connectivity index (χ3v) is 16.8. The molecule has 4 unspecified atom stereocenters. The van der Waals surface area contributed by atoms with Crippen LogP contribution in [0, 0.1) is 13.8 Å². The fourth-order valence-electron chi connectivity index (χ4n) is 9.75. The van der Waals surface area contributed by atoms with E-state index in [0.717, 1.165) is 10.5 Å². The highest BCUT2D eigenvalue weighted by Crippen LogP contribution is 2.31. The molecule has 1 aliphatic rings. The van der Waals surface area contributed by atoms with E-state index >= 15 is 0 Å². The maximum absolute atomic E-state index is 13.7. The van der Waals surface area contributed by atoms with E-state index in [1.54, 1.807) is 42.5 Å². The maximum atomic E-state index is 13.7. The number of likely N-dealkylation sites (N-methyl/N-ethyl adjacent to an activating group) is 1. The molecule has 4 atom stereocenters. The molecule has 13 N–H and O–H groups in total. The molecule has 1 aliphatic heterocycles. The zero-order valence-electron chi connectivity index (χ0n) is 52.0. The number of imidazole rings is 1. The maximum Gasteiger partial charge on any atom is 0.323 e. The Morgan fingerprint density at radius 3 is 1.95 bits per heavy atom. The van der Waals surface area contributed by atoms with Crippen LogP contribution >= 0.6 is 0 Å². The predicted molar refractivity (Wildman–Crippen MR) is 331 cm³/mol. The lowest BCUT2D eigenvalue weighted by molar-refractivity contribution is -0.143. The van der Waals surface area contributed by atoms with E-state index in [-0.39, 0.29) is 113 Å². The number of aryl methyl sites for hydroxylation is 2. The topological polar surface area (TPSA) is 491 Å². The zero-order chi connectivity index (χ0) is 68.7. The number of carbonyl (C=O) groups is 9. The fourth-order valence-corrected chi connectivity index (χ4v) is 12.1. The first-order valence-electron chi connectivity index (χ1n) is 29.7. The Morgan fingerprint density at radius 2 is 1.34 bits per heavy atom. The normalized spacial score (nSPS) is 14.2. The van der Waals surface area contributed by atoms with Crippen LogP contribution in [0.25, 0.3) is 0 Å². The number of H-pyrrole nitrogens is 1. The molecule has 3 aromatic rings. The number of ketones is 1. The summed E-state index contributed by atoms with van der Waals surface area (Å²) in [5.41, 5.74) is 2.24. The number of nitrogens with zero attached hydrogens (tertiary/aromatic N) is 4. The SMILES string of the molecule is Cc1cc(OCCCC(=O)NCCCOCCOCCOCCCCC(CS(=O)(=O)O)NC(=O)CNC(CCN(CCN(CC(=O)O)CC(=O)O)CC(=O)O)C(=O)O)cc(C)c1S(=O)(=O)NC(CNC(=O)C1CC(=O)c2ccc(CNc3ncc[nH]3)cc2N1C)C(=O)O. The summed E-state index contributed by atoms with van der Waals surface area (Å²) in [5.74, 6) is -8.72. The first-order valence-corrected chi connectivity index (χ1v) is 32.8. The van der Waals surface area contributed by atoms with E-state index in [1.165, 1.54) is 30.9 Å². The molecular weight excluding hydrogens is 1270 g/mol. The lowest BCUT2D eigenvalue weighted by Gasteiger charge is -2.34.